The molecule has 0 aliphatic carbocycles. The minimum Gasteiger partial charge on any atom is -0.0917 e. The molecule has 0 fully saturated rings. The van der Waals surface area contributed by atoms with Gasteiger partial charge >= 0.3 is 0 Å². The number of hydrogen-bond acceptors (Lipinski definition) is 0. The second-order valence-corrected chi connectivity index (χ2v) is 3.05. The van der Waals surface area contributed by atoms with Crippen LogP contribution in [0, 0.1) is 18.8 Å². The van der Waals surface area contributed by atoms with Crippen molar-refractivity contribution in [2.45, 2.75) is 33.6 Å². The molecule has 0 heterocycles. The van der Waals surface area contributed by atoms with Gasteiger partial charge in [-0.25, -0.2) is 0 Å². The molecular formula is C10H19. The van der Waals surface area contributed by atoms with Crippen molar-refractivity contribution in [3.8, 4) is 0 Å². The fourth-order valence-electron chi connectivity index (χ4n) is 0.868. The summed E-state index contributed by atoms with van der Waals surface area (Å²) in [5.41, 5.74) is 0. The van der Waals surface area contributed by atoms with Crippen LogP contribution in [0.25, 0.3) is 0 Å². The van der Waals surface area contributed by atoms with Crippen molar-refractivity contribution in [3.63, 3.8) is 0 Å². The normalized spacial score (nSPS) is 17.6. The van der Waals surface area contributed by atoms with E-state index in [2.05, 4.69) is 39.8 Å². The largest absolute Gasteiger partial charge is 0.0917 e. The van der Waals surface area contributed by atoms with Gasteiger partial charge in [-0.2, -0.15) is 0 Å². The highest BCUT2D eigenvalue weighted by Gasteiger charge is 2.06. The van der Waals surface area contributed by atoms with Crippen molar-refractivity contribution in [2.24, 2.45) is 11.8 Å². The van der Waals surface area contributed by atoms with E-state index in [0.29, 0.717) is 0 Å². The summed E-state index contributed by atoms with van der Waals surface area (Å²) >= 11 is 0. The van der Waals surface area contributed by atoms with Gasteiger partial charge in [-0.05, 0) is 25.2 Å². The minimum absolute atomic E-state index is 0.760. The molecule has 0 aliphatic heterocycles. The summed E-state index contributed by atoms with van der Waals surface area (Å²) in [6, 6.07) is 0. The Kier molecular flexibility index (Phi) is 5.38. The molecule has 0 aromatic carbocycles. The number of allylic oxidation sites excluding steroid dienone is 2. The summed E-state index contributed by atoms with van der Waals surface area (Å²) in [4.78, 5) is 0. The summed E-state index contributed by atoms with van der Waals surface area (Å²) in [6.07, 6.45) is 6.61. The minimum atomic E-state index is 0.760. The quantitative estimate of drug-likeness (QED) is 0.523. The van der Waals surface area contributed by atoms with Crippen LogP contribution in [0.4, 0.5) is 0 Å². The Bertz CT molecular complexity index is 92.2. The lowest BCUT2D eigenvalue weighted by Gasteiger charge is -2.15. The maximum Gasteiger partial charge on any atom is -0.0322 e. The summed E-state index contributed by atoms with van der Waals surface area (Å²) in [5.74, 6) is 1.55. The first-order chi connectivity index (χ1) is 4.72. The van der Waals surface area contributed by atoms with Gasteiger partial charge in [0.25, 0.3) is 0 Å². The van der Waals surface area contributed by atoms with Crippen molar-refractivity contribution in [2.75, 3.05) is 0 Å². The van der Waals surface area contributed by atoms with Gasteiger partial charge in [0.1, 0.15) is 0 Å². The van der Waals surface area contributed by atoms with Crippen LogP contribution in [-0.2, 0) is 0 Å². The Morgan fingerprint density at radius 2 is 1.90 bits per heavy atom. The molecule has 2 atom stereocenters. The molecule has 0 aromatic rings. The van der Waals surface area contributed by atoms with E-state index in [4.69, 9.17) is 0 Å². The second kappa shape index (κ2) is 5.52. The maximum atomic E-state index is 3.89. The van der Waals surface area contributed by atoms with Crippen molar-refractivity contribution in [1.29, 1.82) is 0 Å². The van der Waals surface area contributed by atoms with Crippen LogP contribution in [0.15, 0.2) is 12.2 Å². The standard InChI is InChI=1S/C10H19/c1-5-7-8-10(4)9(3)6-2/h5,7,9-10H,2,6,8H2,1,3-4H3/b7-5+. The summed E-state index contributed by atoms with van der Waals surface area (Å²) in [6.45, 7) is 10.5. The highest BCUT2D eigenvalue weighted by molar-refractivity contribution is 4.80. The molecule has 10 heavy (non-hydrogen) atoms. The average Bonchev–Trinajstić information content (AvgIpc) is 1.98. The lowest BCUT2D eigenvalue weighted by atomic mass is 9.91. The van der Waals surface area contributed by atoms with Crippen molar-refractivity contribution in [3.05, 3.63) is 19.1 Å². The molecule has 2 unspecified atom stereocenters. The lowest BCUT2D eigenvalue weighted by molar-refractivity contribution is 0.394. The summed E-state index contributed by atoms with van der Waals surface area (Å²) in [7, 11) is 0. The van der Waals surface area contributed by atoms with Crippen LogP contribution < -0.4 is 0 Å². The first-order valence-corrected chi connectivity index (χ1v) is 4.12. The van der Waals surface area contributed by atoms with E-state index in [9.17, 15) is 0 Å². The molecule has 0 aliphatic rings. The molecule has 0 saturated carbocycles. The van der Waals surface area contributed by atoms with Crippen molar-refractivity contribution < 1.29 is 0 Å². The van der Waals surface area contributed by atoms with Crippen LogP contribution in [0.1, 0.15) is 33.6 Å². The highest BCUT2D eigenvalue weighted by atomic mass is 14.1. The van der Waals surface area contributed by atoms with Gasteiger partial charge in [0.05, 0.1) is 0 Å². The second-order valence-electron chi connectivity index (χ2n) is 3.05. The van der Waals surface area contributed by atoms with Gasteiger partial charge in [0, 0.05) is 0 Å². The van der Waals surface area contributed by atoms with Crippen molar-refractivity contribution in [1.82, 2.24) is 0 Å². The molecule has 0 aromatic heterocycles. The van der Waals surface area contributed by atoms with Gasteiger partial charge < -0.3 is 0 Å². The first-order valence-electron chi connectivity index (χ1n) is 4.12. The van der Waals surface area contributed by atoms with Crippen LogP contribution in [0.2, 0.25) is 0 Å². The van der Waals surface area contributed by atoms with Crippen molar-refractivity contribution >= 4 is 0 Å². The van der Waals surface area contributed by atoms with Gasteiger partial charge in [0.15, 0.2) is 0 Å². The molecule has 0 rings (SSSR count). The molecule has 0 nitrogen and oxygen atoms in total. The summed E-state index contributed by atoms with van der Waals surface area (Å²) in [5, 5.41) is 0. The zero-order valence-electron chi connectivity index (χ0n) is 7.43. The van der Waals surface area contributed by atoms with E-state index in [0.717, 1.165) is 18.3 Å². The lowest BCUT2D eigenvalue weighted by Crippen LogP contribution is -2.05. The van der Waals surface area contributed by atoms with Crippen LogP contribution in [0.5, 0.6) is 0 Å². The fraction of sp³-hybridized carbons (Fsp3) is 0.700. The van der Waals surface area contributed by atoms with Gasteiger partial charge in [-0.1, -0.05) is 39.3 Å². The van der Waals surface area contributed by atoms with E-state index >= 15 is 0 Å². The van der Waals surface area contributed by atoms with E-state index < -0.39 is 0 Å². The van der Waals surface area contributed by atoms with E-state index in [1.54, 1.807) is 0 Å². The molecule has 0 N–H and O–H groups in total. The molecule has 0 saturated heterocycles. The molecule has 0 amide bonds. The zero-order valence-corrected chi connectivity index (χ0v) is 7.43. The topological polar surface area (TPSA) is 0 Å². The van der Waals surface area contributed by atoms with Crippen LogP contribution in [0.3, 0.4) is 0 Å². The first kappa shape index (κ1) is 9.74. The third-order valence-electron chi connectivity index (χ3n) is 2.17. The molecule has 0 bridgehead atoms. The number of rotatable bonds is 4. The SMILES string of the molecule is [CH2]CC(C)C(C)C/C=C/C. The van der Waals surface area contributed by atoms with Gasteiger partial charge in [-0.15, -0.1) is 0 Å². The fourth-order valence-corrected chi connectivity index (χ4v) is 0.868. The smallest absolute Gasteiger partial charge is 0.0322 e. The molecule has 59 valence electrons. The van der Waals surface area contributed by atoms with Gasteiger partial charge in [0.2, 0.25) is 0 Å². The molecule has 0 spiro atoms. The Balaban J connectivity index is 3.50. The Labute approximate surface area is 65.3 Å². The Morgan fingerprint density at radius 3 is 2.30 bits per heavy atom. The van der Waals surface area contributed by atoms with E-state index in [1.165, 1.54) is 6.42 Å². The predicted molar refractivity (Wildman–Crippen MR) is 47.7 cm³/mol. The maximum absolute atomic E-state index is 3.89. The predicted octanol–water partition coefficient (Wildman–Crippen LogP) is 3.45. The zero-order chi connectivity index (χ0) is 7.98. The number of hydrogen-bond donors (Lipinski definition) is 0. The molecular weight excluding hydrogens is 120 g/mol. The van der Waals surface area contributed by atoms with Crippen LogP contribution in [-0.4, -0.2) is 0 Å². The summed E-state index contributed by atoms with van der Waals surface area (Å²) < 4.78 is 0. The average molecular weight is 139 g/mol. The molecule has 0 heteroatoms. The van der Waals surface area contributed by atoms with E-state index in [-0.39, 0.29) is 0 Å². The molecule has 1 radical (unpaired) electrons. The highest BCUT2D eigenvalue weighted by Crippen LogP contribution is 2.17. The third-order valence-corrected chi connectivity index (χ3v) is 2.17. The van der Waals surface area contributed by atoms with Gasteiger partial charge in [-0.3, -0.25) is 0 Å². The van der Waals surface area contributed by atoms with Crippen LogP contribution >= 0.6 is 0 Å². The third kappa shape index (κ3) is 3.71. The Morgan fingerprint density at radius 1 is 1.30 bits per heavy atom. The monoisotopic (exact) mass is 139 g/mol. The van der Waals surface area contributed by atoms with E-state index in [1.807, 2.05) is 0 Å². The Hall–Kier alpha value is -0.260.